The molecule has 5 rings (SSSR count). The van der Waals surface area contributed by atoms with E-state index in [-0.39, 0.29) is 31.2 Å². The number of benzene rings is 1. The van der Waals surface area contributed by atoms with E-state index in [9.17, 15) is 18.3 Å². The van der Waals surface area contributed by atoms with Gasteiger partial charge >= 0.3 is 6.18 Å². The first-order valence-corrected chi connectivity index (χ1v) is 13.1. The normalized spacial score (nSPS) is 13.9. The maximum Gasteiger partial charge on any atom is 0.451 e. The van der Waals surface area contributed by atoms with Crippen LogP contribution in [-0.2, 0) is 19.3 Å². The minimum Gasteiger partial charge on any atom is -0.491 e. The summed E-state index contributed by atoms with van der Waals surface area (Å²) in [6.45, 7) is 6.17. The van der Waals surface area contributed by atoms with E-state index in [1.165, 1.54) is 6.20 Å². The second-order valence-electron chi connectivity index (χ2n) is 9.73. The highest BCUT2D eigenvalue weighted by Gasteiger charge is 2.37. The molecule has 1 atom stereocenters. The lowest BCUT2D eigenvalue weighted by Crippen LogP contribution is -2.29. The number of rotatable bonds is 8. The van der Waals surface area contributed by atoms with Gasteiger partial charge in [0, 0.05) is 36.0 Å². The largest absolute Gasteiger partial charge is 0.491 e. The van der Waals surface area contributed by atoms with Gasteiger partial charge in [-0.3, -0.25) is 0 Å². The number of alkyl halides is 3. The Bertz CT molecular complexity index is 1580. The quantitative estimate of drug-likeness (QED) is 0.300. The lowest BCUT2D eigenvalue weighted by Gasteiger charge is -2.22. The fourth-order valence-corrected chi connectivity index (χ4v) is 4.89. The molecule has 1 aliphatic heterocycles. The summed E-state index contributed by atoms with van der Waals surface area (Å²) in [5.74, 6) is 0.576. The first kappa shape index (κ1) is 28.7. The van der Waals surface area contributed by atoms with Crippen LogP contribution in [0.15, 0.2) is 28.9 Å². The first-order valence-electron chi connectivity index (χ1n) is 12.7. The molecule has 1 aromatic carbocycles. The van der Waals surface area contributed by atoms with Crippen LogP contribution in [0.2, 0.25) is 5.02 Å². The van der Waals surface area contributed by atoms with Crippen LogP contribution < -0.4 is 15.0 Å². The minimum absolute atomic E-state index is 0.0548. The Kier molecular flexibility index (Phi) is 7.86. The maximum absolute atomic E-state index is 13.3. The molecule has 1 unspecified atom stereocenters. The van der Waals surface area contributed by atoms with Gasteiger partial charge in [0.25, 0.3) is 0 Å². The van der Waals surface area contributed by atoms with Gasteiger partial charge in [-0.25, -0.2) is 19.9 Å². The third-order valence-corrected chi connectivity index (χ3v) is 6.99. The number of aryl methyl sites for hydroxylation is 2. The van der Waals surface area contributed by atoms with Crippen LogP contribution in [0, 0.1) is 20.8 Å². The number of likely N-dealkylation sites (N-methyl/N-ethyl adjacent to an activating group) is 1. The highest BCUT2D eigenvalue weighted by Crippen LogP contribution is 2.39. The van der Waals surface area contributed by atoms with E-state index in [2.05, 4.69) is 20.4 Å². The zero-order valence-corrected chi connectivity index (χ0v) is 23.4. The van der Waals surface area contributed by atoms with Crippen molar-refractivity contribution in [2.45, 2.75) is 46.1 Å². The first-order chi connectivity index (χ1) is 19.5. The molecular weight excluding hydrogens is 563 g/mol. The molecule has 0 radical (unpaired) electrons. The molecule has 3 aromatic heterocycles. The van der Waals surface area contributed by atoms with Crippen LogP contribution in [0.1, 0.15) is 34.1 Å². The van der Waals surface area contributed by atoms with Crippen LogP contribution in [0.5, 0.6) is 5.75 Å². The molecule has 14 heteroatoms. The highest BCUT2D eigenvalue weighted by molar-refractivity contribution is 6.33. The van der Waals surface area contributed by atoms with Crippen LogP contribution in [-0.4, -0.2) is 56.5 Å². The minimum atomic E-state index is -4.65. The van der Waals surface area contributed by atoms with E-state index in [1.54, 1.807) is 39.1 Å². The van der Waals surface area contributed by atoms with Gasteiger partial charge < -0.3 is 24.6 Å². The van der Waals surface area contributed by atoms with Crippen molar-refractivity contribution in [2.75, 3.05) is 25.1 Å². The number of fused-ring (bicyclic) bond motifs is 1. The van der Waals surface area contributed by atoms with E-state index < -0.39 is 18.1 Å². The Labute approximate surface area is 238 Å². The molecule has 0 saturated carbocycles. The number of anilines is 1. The molecule has 41 heavy (non-hydrogen) atoms. The van der Waals surface area contributed by atoms with E-state index in [0.717, 1.165) is 0 Å². The number of halogens is 4. The number of aliphatic hydroxyl groups excluding tert-OH is 1. The van der Waals surface area contributed by atoms with E-state index >= 15 is 0 Å². The molecule has 0 aliphatic carbocycles. The molecule has 4 heterocycles. The van der Waals surface area contributed by atoms with Crippen molar-refractivity contribution in [3.05, 3.63) is 63.5 Å². The molecular formula is C27H27ClF3N7O3. The number of nitrogens with one attached hydrogen (secondary N) is 1. The second kappa shape index (κ2) is 11.2. The molecule has 1 aliphatic rings. The van der Waals surface area contributed by atoms with Gasteiger partial charge in [-0.2, -0.15) is 13.2 Å². The number of aliphatic hydroxyl groups is 1. The molecule has 0 fully saturated rings. The fourth-order valence-electron chi connectivity index (χ4n) is 4.69. The molecule has 0 bridgehead atoms. The zero-order valence-electron chi connectivity index (χ0n) is 22.7. The Morgan fingerprint density at radius 2 is 1.95 bits per heavy atom. The molecule has 0 spiro atoms. The van der Waals surface area contributed by atoms with Crippen LogP contribution in [0.4, 0.5) is 19.0 Å². The number of ether oxygens (including phenoxy) is 1. The summed E-state index contributed by atoms with van der Waals surface area (Å²) in [6, 6.07) is 5.01. The maximum atomic E-state index is 13.3. The standard InChI is InChI=1S/C27H27ClF3N7O3/c1-13-23(22-14(2)37-41-15(22)3)35-24(19-7-18(5-6-20(19)28)40-12-17(39)9-32-4)36-25(13)38-10-16-8-33-26(27(29,30)31)34-21(16)11-38/h5-8,17,32,39H,9-12H2,1-4H3. The third-order valence-electron chi connectivity index (χ3n) is 6.66. The summed E-state index contributed by atoms with van der Waals surface area (Å²) in [5, 5.41) is 17.3. The summed E-state index contributed by atoms with van der Waals surface area (Å²) < 4.78 is 51.0. The predicted octanol–water partition coefficient (Wildman–Crippen LogP) is 4.67. The Morgan fingerprint density at radius 1 is 1.17 bits per heavy atom. The smallest absolute Gasteiger partial charge is 0.451 e. The fraction of sp³-hybridized carbons (Fsp3) is 0.370. The van der Waals surface area contributed by atoms with Crippen molar-refractivity contribution in [1.29, 1.82) is 0 Å². The van der Waals surface area contributed by atoms with Gasteiger partial charge in [0.1, 0.15) is 30.0 Å². The molecule has 4 aromatic rings. The van der Waals surface area contributed by atoms with Crippen molar-refractivity contribution in [2.24, 2.45) is 0 Å². The van der Waals surface area contributed by atoms with Crippen molar-refractivity contribution in [3.63, 3.8) is 0 Å². The highest BCUT2D eigenvalue weighted by atomic mass is 35.5. The Balaban J connectivity index is 1.59. The number of hydrogen-bond donors (Lipinski definition) is 2. The van der Waals surface area contributed by atoms with Gasteiger partial charge in [-0.1, -0.05) is 16.8 Å². The summed E-state index contributed by atoms with van der Waals surface area (Å²) in [6.07, 6.45) is -4.16. The Hall–Kier alpha value is -3.81. The number of aromatic nitrogens is 5. The number of nitrogens with zero attached hydrogens (tertiary/aromatic N) is 6. The summed E-state index contributed by atoms with van der Waals surface area (Å²) in [4.78, 5) is 18.8. The van der Waals surface area contributed by atoms with Crippen LogP contribution in [0.25, 0.3) is 22.6 Å². The number of hydrogen-bond acceptors (Lipinski definition) is 10. The van der Waals surface area contributed by atoms with Gasteiger partial charge in [0.05, 0.1) is 34.2 Å². The third kappa shape index (κ3) is 5.83. The zero-order chi connectivity index (χ0) is 29.5. The summed E-state index contributed by atoms with van der Waals surface area (Å²) in [7, 11) is 1.73. The van der Waals surface area contributed by atoms with E-state index in [1.807, 2.05) is 11.8 Å². The van der Waals surface area contributed by atoms with Gasteiger partial charge in [0.2, 0.25) is 5.82 Å². The Morgan fingerprint density at radius 3 is 2.63 bits per heavy atom. The second-order valence-corrected chi connectivity index (χ2v) is 10.1. The summed E-state index contributed by atoms with van der Waals surface area (Å²) in [5.41, 5.74) is 3.85. The lowest BCUT2D eigenvalue weighted by molar-refractivity contribution is -0.145. The van der Waals surface area contributed by atoms with Crippen molar-refractivity contribution in [1.82, 2.24) is 30.4 Å². The van der Waals surface area contributed by atoms with Crippen molar-refractivity contribution >= 4 is 17.4 Å². The van der Waals surface area contributed by atoms with E-state index in [0.29, 0.717) is 62.5 Å². The van der Waals surface area contributed by atoms with Crippen LogP contribution >= 0.6 is 11.6 Å². The van der Waals surface area contributed by atoms with Crippen LogP contribution in [0.3, 0.4) is 0 Å². The monoisotopic (exact) mass is 589 g/mol. The van der Waals surface area contributed by atoms with Gasteiger partial charge in [-0.05, 0) is 46.0 Å². The molecule has 2 N–H and O–H groups in total. The van der Waals surface area contributed by atoms with Crippen molar-refractivity contribution in [3.8, 4) is 28.4 Å². The average Bonchev–Trinajstić information content (AvgIpc) is 3.50. The molecule has 0 saturated heterocycles. The van der Waals surface area contributed by atoms with E-state index in [4.69, 9.17) is 30.8 Å². The predicted molar refractivity (Wildman–Crippen MR) is 145 cm³/mol. The lowest BCUT2D eigenvalue weighted by atomic mass is 10.0. The molecule has 216 valence electrons. The van der Waals surface area contributed by atoms with Crippen molar-refractivity contribution < 1.29 is 27.5 Å². The SMILES string of the molecule is CNCC(O)COc1ccc(Cl)c(-c2nc(-c3c(C)noc3C)c(C)c(N3Cc4cnc(C(F)(F)F)nc4C3)n2)c1. The summed E-state index contributed by atoms with van der Waals surface area (Å²) >= 11 is 6.60. The van der Waals surface area contributed by atoms with Gasteiger partial charge in [-0.15, -0.1) is 0 Å². The average molecular weight is 590 g/mol. The molecule has 0 amide bonds. The van der Waals surface area contributed by atoms with Gasteiger partial charge in [0.15, 0.2) is 5.82 Å². The molecule has 10 nitrogen and oxygen atoms in total. The topological polar surface area (TPSA) is 122 Å².